The van der Waals surface area contributed by atoms with Crippen molar-refractivity contribution in [3.63, 3.8) is 0 Å². The van der Waals surface area contributed by atoms with E-state index >= 15 is 0 Å². The van der Waals surface area contributed by atoms with E-state index in [1.165, 1.54) is 0 Å². The van der Waals surface area contributed by atoms with Gasteiger partial charge in [0.25, 0.3) is 0 Å². The molecule has 0 saturated heterocycles. The van der Waals surface area contributed by atoms with Gasteiger partial charge in [0.2, 0.25) is 10.0 Å². The van der Waals surface area contributed by atoms with Crippen molar-refractivity contribution in [2.24, 2.45) is 0 Å². The molecule has 0 amide bonds. The molecule has 0 aromatic heterocycles. The molecule has 0 atom stereocenters. The van der Waals surface area contributed by atoms with Crippen molar-refractivity contribution >= 4 is 10.0 Å². The Bertz CT molecular complexity index is 315. The zero-order valence-electron chi connectivity index (χ0n) is 7.79. The topological polar surface area (TPSA) is 46.2 Å². The van der Waals surface area contributed by atoms with Crippen LogP contribution in [-0.2, 0) is 10.0 Å². The molecule has 4 heteroatoms. The lowest BCUT2D eigenvalue weighted by Gasteiger charge is -2.05. The lowest BCUT2D eigenvalue weighted by atomic mass is 10.3. The molecule has 1 aliphatic rings. The van der Waals surface area contributed by atoms with Crippen molar-refractivity contribution in [1.29, 1.82) is 0 Å². The molecule has 74 valence electrons. The highest BCUT2D eigenvalue weighted by Gasteiger charge is 2.16. The van der Waals surface area contributed by atoms with Gasteiger partial charge in [-0.25, -0.2) is 13.1 Å². The summed E-state index contributed by atoms with van der Waals surface area (Å²) in [5.41, 5.74) is 0. The van der Waals surface area contributed by atoms with Crippen LogP contribution in [0.15, 0.2) is 23.1 Å². The summed E-state index contributed by atoms with van der Waals surface area (Å²) in [6.07, 6.45) is 7.68. The summed E-state index contributed by atoms with van der Waals surface area (Å²) >= 11 is 0. The Morgan fingerprint density at radius 3 is 2.85 bits per heavy atom. The molecule has 1 N–H and O–H groups in total. The summed E-state index contributed by atoms with van der Waals surface area (Å²) in [4.78, 5) is 0.476. The van der Waals surface area contributed by atoms with Crippen molar-refractivity contribution in [2.45, 2.75) is 26.2 Å². The second-order valence-electron chi connectivity index (χ2n) is 3.02. The molecule has 3 nitrogen and oxygen atoms in total. The number of unbranched alkanes of at least 4 members (excludes halogenated alkanes) is 1. The first-order valence-electron chi connectivity index (χ1n) is 4.52. The number of allylic oxidation sites excluding steroid dienone is 4. The van der Waals surface area contributed by atoms with Crippen molar-refractivity contribution in [3.8, 4) is 0 Å². The number of sulfonamides is 1. The van der Waals surface area contributed by atoms with E-state index in [1.54, 1.807) is 12.2 Å². The van der Waals surface area contributed by atoms with Gasteiger partial charge >= 0.3 is 0 Å². The summed E-state index contributed by atoms with van der Waals surface area (Å²) in [7, 11) is -3.18. The molecule has 13 heavy (non-hydrogen) atoms. The van der Waals surface area contributed by atoms with Gasteiger partial charge in [-0.1, -0.05) is 25.5 Å². The van der Waals surface area contributed by atoms with Crippen LogP contribution in [0.1, 0.15) is 26.2 Å². The first-order chi connectivity index (χ1) is 6.17. The third kappa shape index (κ3) is 2.97. The summed E-state index contributed by atoms with van der Waals surface area (Å²) in [6.45, 7) is 2.57. The highest BCUT2D eigenvalue weighted by atomic mass is 32.2. The smallest absolute Gasteiger partial charge is 0.211 e. The zero-order valence-corrected chi connectivity index (χ0v) is 8.60. The predicted octanol–water partition coefficient (Wildman–Crippen LogP) is 1.55. The SMILES string of the molecule is CCCCNS(=O)(=O)C1=CC=CC1. The maximum Gasteiger partial charge on any atom is 0.237 e. The number of rotatable bonds is 5. The van der Waals surface area contributed by atoms with Crippen molar-refractivity contribution in [2.75, 3.05) is 6.54 Å². The Morgan fingerprint density at radius 1 is 1.54 bits per heavy atom. The minimum absolute atomic E-state index is 0.476. The van der Waals surface area contributed by atoms with E-state index in [9.17, 15) is 8.42 Å². The van der Waals surface area contributed by atoms with Gasteiger partial charge in [-0.05, 0) is 12.5 Å². The van der Waals surface area contributed by atoms with Gasteiger partial charge in [0.15, 0.2) is 0 Å². The van der Waals surface area contributed by atoms with E-state index in [2.05, 4.69) is 4.72 Å². The lowest BCUT2D eigenvalue weighted by molar-refractivity contribution is 0.584. The van der Waals surface area contributed by atoms with E-state index in [0.29, 0.717) is 17.9 Å². The van der Waals surface area contributed by atoms with E-state index in [1.807, 2.05) is 13.0 Å². The van der Waals surface area contributed by atoms with Crippen LogP contribution in [0.2, 0.25) is 0 Å². The quantitative estimate of drug-likeness (QED) is 0.686. The van der Waals surface area contributed by atoms with Crippen LogP contribution in [0.5, 0.6) is 0 Å². The summed E-state index contributed by atoms with van der Waals surface area (Å²) in [5.74, 6) is 0. The van der Waals surface area contributed by atoms with Crippen LogP contribution in [0, 0.1) is 0 Å². The molecule has 0 saturated carbocycles. The Kier molecular flexibility index (Phi) is 3.69. The highest BCUT2D eigenvalue weighted by molar-refractivity contribution is 7.93. The van der Waals surface area contributed by atoms with Crippen LogP contribution < -0.4 is 4.72 Å². The molecule has 0 aromatic carbocycles. The van der Waals surface area contributed by atoms with Crippen molar-refractivity contribution < 1.29 is 8.42 Å². The first-order valence-corrected chi connectivity index (χ1v) is 6.00. The summed E-state index contributed by atoms with van der Waals surface area (Å²) in [5, 5.41) is 0. The average Bonchev–Trinajstić information content (AvgIpc) is 2.56. The minimum Gasteiger partial charge on any atom is -0.211 e. The Hall–Kier alpha value is -0.610. The fourth-order valence-electron chi connectivity index (χ4n) is 1.10. The van der Waals surface area contributed by atoms with Crippen LogP contribution >= 0.6 is 0 Å². The average molecular weight is 201 g/mol. The molecular weight excluding hydrogens is 186 g/mol. The molecule has 0 heterocycles. The molecule has 0 aromatic rings. The molecule has 1 rings (SSSR count). The molecule has 1 aliphatic carbocycles. The normalized spacial score (nSPS) is 16.2. The monoisotopic (exact) mass is 201 g/mol. The largest absolute Gasteiger partial charge is 0.237 e. The van der Waals surface area contributed by atoms with Gasteiger partial charge in [-0.15, -0.1) is 0 Å². The van der Waals surface area contributed by atoms with E-state index in [0.717, 1.165) is 12.8 Å². The Morgan fingerprint density at radius 2 is 2.31 bits per heavy atom. The predicted molar refractivity (Wildman–Crippen MR) is 53.7 cm³/mol. The van der Waals surface area contributed by atoms with Crippen LogP contribution in [0.4, 0.5) is 0 Å². The second kappa shape index (κ2) is 4.58. The highest BCUT2D eigenvalue weighted by Crippen LogP contribution is 2.15. The molecule has 0 aliphatic heterocycles. The fourth-order valence-corrected chi connectivity index (χ4v) is 2.27. The molecule has 0 bridgehead atoms. The molecule has 0 radical (unpaired) electrons. The molecule has 0 fully saturated rings. The van der Waals surface area contributed by atoms with E-state index in [4.69, 9.17) is 0 Å². The Labute approximate surface area is 79.6 Å². The number of hydrogen-bond donors (Lipinski definition) is 1. The van der Waals surface area contributed by atoms with Crippen molar-refractivity contribution in [1.82, 2.24) is 4.72 Å². The zero-order chi connectivity index (χ0) is 9.73. The summed E-state index contributed by atoms with van der Waals surface area (Å²) in [6, 6.07) is 0. The maximum absolute atomic E-state index is 11.5. The van der Waals surface area contributed by atoms with Gasteiger partial charge < -0.3 is 0 Å². The third-order valence-electron chi connectivity index (χ3n) is 1.90. The van der Waals surface area contributed by atoms with Gasteiger partial charge in [0.05, 0.1) is 4.91 Å². The molecular formula is C9H15NO2S. The fraction of sp³-hybridized carbons (Fsp3) is 0.556. The number of nitrogens with one attached hydrogen (secondary N) is 1. The number of hydrogen-bond acceptors (Lipinski definition) is 2. The summed E-state index contributed by atoms with van der Waals surface area (Å²) < 4.78 is 25.5. The minimum atomic E-state index is -3.18. The standard InChI is InChI=1S/C9H15NO2S/c1-2-3-8-10-13(11,12)9-6-4-5-7-9/h4-6,10H,2-3,7-8H2,1H3. The molecule has 0 unspecified atom stereocenters. The van der Waals surface area contributed by atoms with Crippen molar-refractivity contribution in [3.05, 3.63) is 23.1 Å². The Balaban J connectivity index is 2.47. The maximum atomic E-state index is 11.5. The van der Waals surface area contributed by atoms with Gasteiger partial charge in [-0.3, -0.25) is 0 Å². The van der Waals surface area contributed by atoms with Gasteiger partial charge in [0.1, 0.15) is 0 Å². The molecule has 0 spiro atoms. The van der Waals surface area contributed by atoms with Crippen LogP contribution in [0.3, 0.4) is 0 Å². The first kappa shape index (κ1) is 10.5. The second-order valence-corrected chi connectivity index (χ2v) is 4.84. The lowest BCUT2D eigenvalue weighted by Crippen LogP contribution is -2.25. The van der Waals surface area contributed by atoms with Gasteiger partial charge in [-0.2, -0.15) is 0 Å². The van der Waals surface area contributed by atoms with E-state index < -0.39 is 10.0 Å². The van der Waals surface area contributed by atoms with E-state index in [-0.39, 0.29) is 0 Å². The van der Waals surface area contributed by atoms with Gasteiger partial charge in [0, 0.05) is 13.0 Å². The third-order valence-corrected chi connectivity index (χ3v) is 3.48. The van der Waals surface area contributed by atoms with Crippen LogP contribution in [0.25, 0.3) is 0 Å². The van der Waals surface area contributed by atoms with Crippen LogP contribution in [-0.4, -0.2) is 15.0 Å².